The number of carbonyl (C=O) groups excluding carboxylic acids is 1. The number of hydrogen-bond acceptors (Lipinski definition) is 4. The van der Waals surface area contributed by atoms with Crippen LogP contribution in [0.1, 0.15) is 79.3 Å². The summed E-state index contributed by atoms with van der Waals surface area (Å²) in [4.78, 5) is 15.6. The molecule has 0 radical (unpaired) electrons. The van der Waals surface area contributed by atoms with Crippen LogP contribution >= 0.6 is 0 Å². The molecule has 142 valence electrons. The van der Waals surface area contributed by atoms with Crippen molar-refractivity contribution in [1.82, 2.24) is 14.8 Å². The molecule has 2 aromatic rings. The molecule has 5 nitrogen and oxygen atoms in total. The van der Waals surface area contributed by atoms with Gasteiger partial charge in [-0.15, -0.1) is 0 Å². The van der Waals surface area contributed by atoms with Crippen LogP contribution in [0.4, 0.5) is 0 Å². The Morgan fingerprint density at radius 2 is 1.96 bits per heavy atom. The maximum atomic E-state index is 11.3. The molecule has 2 heterocycles. The van der Waals surface area contributed by atoms with Gasteiger partial charge in [0.25, 0.3) is 0 Å². The molecule has 0 N–H and O–H groups in total. The molecule has 4 rings (SSSR count). The van der Waals surface area contributed by atoms with E-state index in [4.69, 9.17) is 4.74 Å². The van der Waals surface area contributed by atoms with Crippen LogP contribution < -0.4 is 4.74 Å². The minimum atomic E-state index is 0.379. The number of carbonyl (C=O) groups is 1. The van der Waals surface area contributed by atoms with Crippen LogP contribution in [0.5, 0.6) is 5.75 Å². The van der Waals surface area contributed by atoms with Gasteiger partial charge in [0.1, 0.15) is 18.1 Å². The molecule has 2 aromatic heterocycles. The summed E-state index contributed by atoms with van der Waals surface area (Å²) in [6.07, 6.45) is 12.3. The van der Waals surface area contributed by atoms with Gasteiger partial charge in [-0.3, -0.25) is 9.48 Å². The summed E-state index contributed by atoms with van der Waals surface area (Å²) in [6, 6.07) is 6.42. The molecular formula is C22H27N3O2. The molecule has 0 saturated heterocycles. The zero-order chi connectivity index (χ0) is 18.6. The Morgan fingerprint density at radius 1 is 1.15 bits per heavy atom. The van der Waals surface area contributed by atoms with Crippen LogP contribution in [0.25, 0.3) is 5.57 Å². The van der Waals surface area contributed by atoms with Crippen LogP contribution in [0.2, 0.25) is 0 Å². The smallest absolute Gasteiger partial charge is 0.172 e. The normalized spacial score (nSPS) is 18.1. The summed E-state index contributed by atoms with van der Waals surface area (Å²) in [5, 5.41) is 4.65. The minimum absolute atomic E-state index is 0.379. The molecule has 2 aliphatic carbocycles. The van der Waals surface area contributed by atoms with Crippen molar-refractivity contribution >= 4 is 11.9 Å². The SMILES string of the molecule is Cc1ccc(OCC2=C(c3ccnn3C3CCCC3)CCCC2)c(C=O)n1. The third-order valence-corrected chi connectivity index (χ3v) is 5.77. The predicted molar refractivity (Wildman–Crippen MR) is 105 cm³/mol. The largest absolute Gasteiger partial charge is 0.487 e. The summed E-state index contributed by atoms with van der Waals surface area (Å²) in [7, 11) is 0. The second-order valence-electron chi connectivity index (χ2n) is 7.63. The molecule has 2 aliphatic rings. The first kappa shape index (κ1) is 18.0. The Labute approximate surface area is 160 Å². The number of aromatic nitrogens is 3. The first-order chi connectivity index (χ1) is 13.3. The van der Waals surface area contributed by atoms with E-state index in [0.717, 1.165) is 24.8 Å². The maximum absolute atomic E-state index is 11.3. The van der Waals surface area contributed by atoms with E-state index in [1.165, 1.54) is 55.4 Å². The van der Waals surface area contributed by atoms with Gasteiger partial charge in [-0.05, 0) is 74.8 Å². The van der Waals surface area contributed by atoms with E-state index in [0.29, 0.717) is 24.1 Å². The lowest BCUT2D eigenvalue weighted by molar-refractivity contribution is 0.111. The molecule has 0 atom stereocenters. The lowest BCUT2D eigenvalue weighted by Gasteiger charge is -2.23. The highest BCUT2D eigenvalue weighted by Gasteiger charge is 2.24. The van der Waals surface area contributed by atoms with E-state index in [9.17, 15) is 4.79 Å². The Bertz CT molecular complexity index is 847. The highest BCUT2D eigenvalue weighted by atomic mass is 16.5. The van der Waals surface area contributed by atoms with Crippen LogP contribution in [0.3, 0.4) is 0 Å². The average Bonchev–Trinajstić information content (AvgIpc) is 3.38. The van der Waals surface area contributed by atoms with Crippen molar-refractivity contribution in [2.24, 2.45) is 0 Å². The lowest BCUT2D eigenvalue weighted by atomic mass is 9.90. The van der Waals surface area contributed by atoms with Gasteiger partial charge in [-0.25, -0.2) is 4.98 Å². The number of aldehydes is 1. The van der Waals surface area contributed by atoms with E-state index in [-0.39, 0.29) is 0 Å². The van der Waals surface area contributed by atoms with Crippen LogP contribution in [0, 0.1) is 6.92 Å². The third-order valence-electron chi connectivity index (χ3n) is 5.77. The van der Waals surface area contributed by atoms with Gasteiger partial charge in [0.15, 0.2) is 6.29 Å². The zero-order valence-electron chi connectivity index (χ0n) is 16.0. The molecule has 0 amide bonds. The first-order valence-corrected chi connectivity index (χ1v) is 10.1. The van der Waals surface area contributed by atoms with Crippen molar-refractivity contribution in [1.29, 1.82) is 0 Å². The van der Waals surface area contributed by atoms with Crippen molar-refractivity contribution in [3.63, 3.8) is 0 Å². The number of allylic oxidation sites excluding steroid dienone is 1. The fourth-order valence-corrected chi connectivity index (χ4v) is 4.36. The number of pyridine rings is 1. The van der Waals surface area contributed by atoms with E-state index >= 15 is 0 Å². The number of hydrogen-bond donors (Lipinski definition) is 0. The molecular weight excluding hydrogens is 338 g/mol. The monoisotopic (exact) mass is 365 g/mol. The molecule has 5 heteroatoms. The van der Waals surface area contributed by atoms with Gasteiger partial charge in [0.2, 0.25) is 0 Å². The fourth-order valence-electron chi connectivity index (χ4n) is 4.36. The molecule has 27 heavy (non-hydrogen) atoms. The highest BCUT2D eigenvalue weighted by Crippen LogP contribution is 2.37. The minimum Gasteiger partial charge on any atom is -0.487 e. The number of nitrogens with zero attached hydrogens (tertiary/aromatic N) is 3. The Balaban J connectivity index is 1.59. The van der Waals surface area contributed by atoms with Crippen molar-refractivity contribution in [2.45, 2.75) is 64.3 Å². The maximum Gasteiger partial charge on any atom is 0.172 e. The fraction of sp³-hybridized carbons (Fsp3) is 0.500. The zero-order valence-corrected chi connectivity index (χ0v) is 16.0. The van der Waals surface area contributed by atoms with Crippen molar-refractivity contribution in [3.8, 4) is 5.75 Å². The summed E-state index contributed by atoms with van der Waals surface area (Å²) in [5.41, 5.74) is 5.18. The Morgan fingerprint density at radius 3 is 2.78 bits per heavy atom. The van der Waals surface area contributed by atoms with Gasteiger partial charge in [-0.2, -0.15) is 5.10 Å². The number of ether oxygens (including phenoxy) is 1. The molecule has 0 unspecified atom stereocenters. The van der Waals surface area contributed by atoms with Gasteiger partial charge in [0.05, 0.1) is 11.7 Å². The average molecular weight is 365 g/mol. The van der Waals surface area contributed by atoms with Gasteiger partial charge < -0.3 is 4.74 Å². The summed E-state index contributed by atoms with van der Waals surface area (Å²) in [5.74, 6) is 0.567. The Kier molecular flexibility index (Phi) is 5.37. The summed E-state index contributed by atoms with van der Waals surface area (Å²) >= 11 is 0. The van der Waals surface area contributed by atoms with Crippen molar-refractivity contribution in [2.75, 3.05) is 6.61 Å². The van der Waals surface area contributed by atoms with E-state index in [1.807, 2.05) is 25.3 Å². The first-order valence-electron chi connectivity index (χ1n) is 10.1. The van der Waals surface area contributed by atoms with Crippen molar-refractivity contribution in [3.05, 3.63) is 47.1 Å². The van der Waals surface area contributed by atoms with Crippen LogP contribution in [-0.2, 0) is 0 Å². The molecule has 0 aliphatic heterocycles. The highest BCUT2D eigenvalue weighted by molar-refractivity contribution is 5.76. The number of rotatable bonds is 6. The van der Waals surface area contributed by atoms with Gasteiger partial charge in [0, 0.05) is 11.9 Å². The molecule has 0 aromatic carbocycles. The lowest BCUT2D eigenvalue weighted by Crippen LogP contribution is -2.14. The molecule has 0 spiro atoms. The van der Waals surface area contributed by atoms with Gasteiger partial charge >= 0.3 is 0 Å². The van der Waals surface area contributed by atoms with E-state index in [1.54, 1.807) is 0 Å². The summed E-state index contributed by atoms with van der Waals surface area (Å²) in [6.45, 7) is 2.39. The molecule has 0 bridgehead atoms. The van der Waals surface area contributed by atoms with Crippen LogP contribution in [0.15, 0.2) is 30.0 Å². The van der Waals surface area contributed by atoms with E-state index < -0.39 is 0 Å². The summed E-state index contributed by atoms with van der Waals surface area (Å²) < 4.78 is 8.28. The van der Waals surface area contributed by atoms with Crippen molar-refractivity contribution < 1.29 is 9.53 Å². The predicted octanol–water partition coefficient (Wildman–Crippen LogP) is 4.92. The number of aryl methyl sites for hydroxylation is 1. The molecule has 1 saturated carbocycles. The second kappa shape index (κ2) is 8.07. The third kappa shape index (κ3) is 3.82. The Hall–Kier alpha value is -2.43. The topological polar surface area (TPSA) is 57.0 Å². The molecule has 1 fully saturated rings. The van der Waals surface area contributed by atoms with Gasteiger partial charge in [-0.1, -0.05) is 12.8 Å². The van der Waals surface area contributed by atoms with Crippen LogP contribution in [-0.4, -0.2) is 27.7 Å². The second-order valence-corrected chi connectivity index (χ2v) is 7.63. The standard InChI is InChI=1S/C22H27N3O2/c1-16-10-11-22(20(14-26)24-16)27-15-17-6-2-5-9-19(17)21-12-13-23-25(21)18-7-3-4-8-18/h10-14,18H,2-9,15H2,1H3. The quantitative estimate of drug-likeness (QED) is 0.682. The van der Waals surface area contributed by atoms with E-state index in [2.05, 4.69) is 20.8 Å².